The van der Waals surface area contributed by atoms with Gasteiger partial charge in [0.15, 0.2) is 5.11 Å². The molecule has 122 valence electrons. The minimum absolute atomic E-state index is 0.482. The fourth-order valence-electron chi connectivity index (χ4n) is 2.20. The van der Waals surface area contributed by atoms with E-state index in [2.05, 4.69) is 37.7 Å². The summed E-state index contributed by atoms with van der Waals surface area (Å²) in [5.41, 5.74) is 2.80. The van der Waals surface area contributed by atoms with E-state index in [9.17, 15) is 0 Å². The van der Waals surface area contributed by atoms with E-state index in [4.69, 9.17) is 23.8 Å². The number of rotatable bonds is 4. The third-order valence-electron chi connectivity index (χ3n) is 3.27. The Bertz CT molecular complexity index is 852. The molecule has 0 bridgehead atoms. The zero-order valence-corrected chi connectivity index (χ0v) is 15.7. The molecular weight excluding hydrogens is 408 g/mol. The number of nitrogens with zero attached hydrogens (tertiary/aromatic N) is 2. The molecule has 0 atom stereocenters. The SMILES string of the molecule is S=C(Nc1cccc(Cn2cccn2)c1)Nc1ccc(Br)cc1Cl. The third-order valence-corrected chi connectivity index (χ3v) is 4.28. The van der Waals surface area contributed by atoms with Crippen LogP contribution in [0.2, 0.25) is 5.02 Å². The summed E-state index contributed by atoms with van der Waals surface area (Å²) in [6, 6.07) is 15.5. The van der Waals surface area contributed by atoms with Crippen LogP contribution >= 0.6 is 39.7 Å². The number of thiocarbonyl (C=S) groups is 1. The molecular formula is C17H14BrClN4S. The molecule has 0 aliphatic carbocycles. The number of aromatic nitrogens is 2. The predicted octanol–water partition coefficient (Wildman–Crippen LogP) is 5.16. The van der Waals surface area contributed by atoms with Crippen LogP contribution in [0, 0.1) is 0 Å². The smallest absolute Gasteiger partial charge is 0.175 e. The lowest BCUT2D eigenvalue weighted by atomic mass is 10.2. The summed E-state index contributed by atoms with van der Waals surface area (Å²) in [4.78, 5) is 0. The number of benzene rings is 2. The van der Waals surface area contributed by atoms with Crippen molar-refractivity contribution in [3.63, 3.8) is 0 Å². The van der Waals surface area contributed by atoms with Crippen molar-refractivity contribution in [1.29, 1.82) is 0 Å². The van der Waals surface area contributed by atoms with Gasteiger partial charge in [-0.2, -0.15) is 5.10 Å². The van der Waals surface area contributed by atoms with Crippen molar-refractivity contribution in [3.8, 4) is 0 Å². The van der Waals surface area contributed by atoms with Crippen LogP contribution in [-0.2, 0) is 6.54 Å². The molecule has 3 aromatic rings. The van der Waals surface area contributed by atoms with Gasteiger partial charge in [-0.3, -0.25) is 4.68 Å². The van der Waals surface area contributed by atoms with Gasteiger partial charge < -0.3 is 10.6 Å². The first kappa shape index (κ1) is 17.0. The Balaban J connectivity index is 1.65. The van der Waals surface area contributed by atoms with Crippen molar-refractivity contribution in [2.75, 3.05) is 10.6 Å². The lowest BCUT2D eigenvalue weighted by molar-refractivity contribution is 0.687. The minimum Gasteiger partial charge on any atom is -0.332 e. The van der Waals surface area contributed by atoms with Crippen molar-refractivity contribution >= 4 is 56.2 Å². The van der Waals surface area contributed by atoms with E-state index in [1.165, 1.54) is 0 Å². The number of anilines is 2. The summed E-state index contributed by atoms with van der Waals surface area (Å²) in [5.74, 6) is 0. The van der Waals surface area contributed by atoms with Gasteiger partial charge in [0.1, 0.15) is 0 Å². The molecule has 0 fully saturated rings. The Morgan fingerprint density at radius 1 is 1.17 bits per heavy atom. The van der Waals surface area contributed by atoms with Crippen LogP contribution in [0.3, 0.4) is 0 Å². The maximum Gasteiger partial charge on any atom is 0.175 e. The topological polar surface area (TPSA) is 41.9 Å². The number of nitrogens with one attached hydrogen (secondary N) is 2. The zero-order chi connectivity index (χ0) is 16.9. The largest absolute Gasteiger partial charge is 0.332 e. The molecule has 0 radical (unpaired) electrons. The third kappa shape index (κ3) is 4.56. The maximum absolute atomic E-state index is 6.19. The van der Waals surface area contributed by atoms with Gasteiger partial charge >= 0.3 is 0 Å². The summed E-state index contributed by atoms with van der Waals surface area (Å²) in [6.07, 6.45) is 3.70. The van der Waals surface area contributed by atoms with Crippen LogP contribution in [-0.4, -0.2) is 14.9 Å². The van der Waals surface area contributed by atoms with Gasteiger partial charge in [-0.05, 0) is 54.2 Å². The average Bonchev–Trinajstić information content (AvgIpc) is 3.03. The average molecular weight is 422 g/mol. The first-order valence-electron chi connectivity index (χ1n) is 7.19. The highest BCUT2D eigenvalue weighted by Crippen LogP contribution is 2.25. The summed E-state index contributed by atoms with van der Waals surface area (Å²) in [6.45, 7) is 0.710. The van der Waals surface area contributed by atoms with Crippen LogP contribution in [0.15, 0.2) is 65.4 Å². The molecule has 1 aromatic heterocycles. The molecule has 0 saturated carbocycles. The standard InChI is InChI=1S/C17H14BrClN4S/c18-13-5-6-16(15(19)10-13)22-17(24)21-14-4-1-3-12(9-14)11-23-8-2-7-20-23/h1-10H,11H2,(H2,21,22,24). The Kier molecular flexibility index (Phi) is 5.50. The van der Waals surface area contributed by atoms with E-state index in [1.54, 1.807) is 6.20 Å². The van der Waals surface area contributed by atoms with Crippen molar-refractivity contribution in [1.82, 2.24) is 9.78 Å². The highest BCUT2D eigenvalue weighted by atomic mass is 79.9. The van der Waals surface area contributed by atoms with Crippen LogP contribution < -0.4 is 10.6 Å². The van der Waals surface area contributed by atoms with E-state index >= 15 is 0 Å². The van der Waals surface area contributed by atoms with Crippen LogP contribution in [0.1, 0.15) is 5.56 Å². The second kappa shape index (κ2) is 7.79. The molecule has 0 saturated heterocycles. The van der Waals surface area contributed by atoms with Gasteiger partial charge in [0.05, 0.1) is 17.3 Å². The monoisotopic (exact) mass is 420 g/mol. The molecule has 0 aliphatic heterocycles. The molecule has 0 spiro atoms. The quantitative estimate of drug-likeness (QED) is 0.571. The Morgan fingerprint density at radius 2 is 2.04 bits per heavy atom. The van der Waals surface area contributed by atoms with Crippen molar-refractivity contribution in [2.24, 2.45) is 0 Å². The summed E-state index contributed by atoms with van der Waals surface area (Å²) < 4.78 is 2.79. The fraction of sp³-hybridized carbons (Fsp3) is 0.0588. The molecule has 2 aromatic carbocycles. The van der Waals surface area contributed by atoms with Gasteiger partial charge in [0.25, 0.3) is 0 Å². The van der Waals surface area contributed by atoms with Gasteiger partial charge in [-0.25, -0.2) is 0 Å². The number of halogens is 2. The molecule has 1 heterocycles. The van der Waals surface area contributed by atoms with Crippen molar-refractivity contribution in [3.05, 3.63) is 76.0 Å². The summed E-state index contributed by atoms with van der Waals surface area (Å²) in [7, 11) is 0. The molecule has 0 amide bonds. The molecule has 2 N–H and O–H groups in total. The molecule has 0 unspecified atom stereocenters. The van der Waals surface area contributed by atoms with Gasteiger partial charge in [-0.15, -0.1) is 0 Å². The van der Waals surface area contributed by atoms with Gasteiger partial charge in [-0.1, -0.05) is 39.7 Å². The Labute approximate surface area is 159 Å². The van der Waals surface area contributed by atoms with Gasteiger partial charge in [0.2, 0.25) is 0 Å². The minimum atomic E-state index is 0.482. The van der Waals surface area contributed by atoms with Crippen molar-refractivity contribution in [2.45, 2.75) is 6.54 Å². The maximum atomic E-state index is 6.19. The van der Waals surface area contributed by atoms with Gasteiger partial charge in [0, 0.05) is 22.6 Å². The molecule has 24 heavy (non-hydrogen) atoms. The van der Waals surface area contributed by atoms with Crippen LogP contribution in [0.25, 0.3) is 0 Å². The first-order valence-corrected chi connectivity index (χ1v) is 8.77. The number of hydrogen-bond acceptors (Lipinski definition) is 2. The zero-order valence-electron chi connectivity index (χ0n) is 12.5. The second-order valence-corrected chi connectivity index (χ2v) is 6.84. The molecule has 4 nitrogen and oxygen atoms in total. The van der Waals surface area contributed by atoms with E-state index in [-0.39, 0.29) is 0 Å². The highest BCUT2D eigenvalue weighted by molar-refractivity contribution is 9.10. The number of hydrogen-bond donors (Lipinski definition) is 2. The first-order chi connectivity index (χ1) is 11.6. The van der Waals surface area contributed by atoms with E-state index in [0.29, 0.717) is 16.7 Å². The van der Waals surface area contributed by atoms with Crippen molar-refractivity contribution < 1.29 is 0 Å². The normalized spacial score (nSPS) is 10.4. The van der Waals surface area contributed by atoms with Crippen LogP contribution in [0.4, 0.5) is 11.4 Å². The summed E-state index contributed by atoms with van der Waals surface area (Å²) in [5, 5.41) is 11.6. The predicted molar refractivity (Wildman–Crippen MR) is 107 cm³/mol. The fourth-order valence-corrected chi connectivity index (χ4v) is 3.15. The molecule has 0 aliphatic rings. The second-order valence-electron chi connectivity index (χ2n) is 5.11. The highest BCUT2D eigenvalue weighted by Gasteiger charge is 2.04. The lowest BCUT2D eigenvalue weighted by Gasteiger charge is -2.13. The van der Waals surface area contributed by atoms with E-state index in [1.807, 2.05) is 53.3 Å². The summed E-state index contributed by atoms with van der Waals surface area (Å²) >= 11 is 14.9. The molecule has 3 rings (SSSR count). The Morgan fingerprint density at radius 3 is 2.79 bits per heavy atom. The van der Waals surface area contributed by atoms with E-state index < -0.39 is 0 Å². The van der Waals surface area contributed by atoms with Crippen LogP contribution in [0.5, 0.6) is 0 Å². The Hall–Kier alpha value is -1.89. The van der Waals surface area contributed by atoms with E-state index in [0.717, 1.165) is 21.4 Å². The molecule has 7 heteroatoms. The lowest BCUT2D eigenvalue weighted by Crippen LogP contribution is -2.19.